The zero-order valence-corrected chi connectivity index (χ0v) is 21.9. The predicted octanol–water partition coefficient (Wildman–Crippen LogP) is 2.82. The van der Waals surface area contributed by atoms with Crippen molar-refractivity contribution in [3.8, 4) is 5.75 Å². The summed E-state index contributed by atoms with van der Waals surface area (Å²) in [6.07, 6.45) is -0.184. The van der Waals surface area contributed by atoms with Crippen LogP contribution in [0.4, 0.5) is 4.79 Å². The highest BCUT2D eigenvalue weighted by molar-refractivity contribution is 5.93. The van der Waals surface area contributed by atoms with Crippen LogP contribution in [-0.4, -0.2) is 65.7 Å². The lowest BCUT2D eigenvalue weighted by molar-refractivity contribution is -0.145. The van der Waals surface area contributed by atoms with Gasteiger partial charge in [-0.25, -0.2) is 4.79 Å². The molecule has 10 heteroatoms. The first kappa shape index (κ1) is 29.7. The fourth-order valence-corrected chi connectivity index (χ4v) is 3.44. The van der Waals surface area contributed by atoms with Crippen molar-refractivity contribution >= 4 is 23.9 Å². The van der Waals surface area contributed by atoms with Crippen molar-refractivity contribution in [1.29, 1.82) is 0 Å². The Morgan fingerprint density at radius 1 is 1.14 bits per heavy atom. The molecule has 0 aliphatic heterocycles. The lowest BCUT2D eigenvalue weighted by Gasteiger charge is -2.35. The van der Waals surface area contributed by atoms with Crippen molar-refractivity contribution < 1.29 is 33.8 Å². The van der Waals surface area contributed by atoms with Crippen molar-refractivity contribution in [3.05, 3.63) is 29.3 Å². The molecule has 0 saturated carbocycles. The SMILES string of the molecule is CCC(C)C(NC(=O)OC(C)(C)C)C(=O)N(CC)C(C(=O)NCC(=O)OC)c1cccc(C)c1O. The van der Waals surface area contributed by atoms with Gasteiger partial charge in [0.2, 0.25) is 11.8 Å². The summed E-state index contributed by atoms with van der Waals surface area (Å²) in [6, 6.07) is 2.63. The van der Waals surface area contributed by atoms with Gasteiger partial charge in [0.1, 0.15) is 30.0 Å². The van der Waals surface area contributed by atoms with Crippen LogP contribution < -0.4 is 10.6 Å². The Kier molecular flexibility index (Phi) is 11.0. The largest absolute Gasteiger partial charge is 0.507 e. The Bertz CT molecular complexity index is 911. The molecule has 3 unspecified atom stereocenters. The van der Waals surface area contributed by atoms with E-state index in [0.717, 1.165) is 0 Å². The number of nitrogens with one attached hydrogen (secondary N) is 2. The quantitative estimate of drug-likeness (QED) is 0.427. The molecule has 3 amide bonds. The fraction of sp³-hybridized carbons (Fsp3) is 0.600. The summed E-state index contributed by atoms with van der Waals surface area (Å²) in [5.41, 5.74) is -0.0498. The van der Waals surface area contributed by atoms with E-state index < -0.39 is 48.1 Å². The number of ether oxygens (including phenoxy) is 2. The van der Waals surface area contributed by atoms with Crippen LogP contribution in [0, 0.1) is 12.8 Å². The number of para-hydroxylation sites is 1. The fourth-order valence-electron chi connectivity index (χ4n) is 3.44. The third-order valence-electron chi connectivity index (χ3n) is 5.53. The van der Waals surface area contributed by atoms with Crippen LogP contribution in [-0.2, 0) is 23.9 Å². The average Bonchev–Trinajstić information content (AvgIpc) is 2.79. The Labute approximate surface area is 207 Å². The minimum Gasteiger partial charge on any atom is -0.507 e. The number of amides is 3. The molecule has 0 aliphatic carbocycles. The molecule has 0 aliphatic rings. The maximum absolute atomic E-state index is 13.8. The summed E-state index contributed by atoms with van der Waals surface area (Å²) in [7, 11) is 1.19. The van der Waals surface area contributed by atoms with E-state index in [1.165, 1.54) is 12.0 Å². The number of phenols is 1. The number of alkyl carbamates (subject to hydrolysis) is 1. The molecule has 3 atom stereocenters. The van der Waals surface area contributed by atoms with Crippen LogP contribution in [0.5, 0.6) is 5.75 Å². The second-order valence-electron chi connectivity index (χ2n) is 9.34. The molecule has 1 rings (SSSR count). The van der Waals surface area contributed by atoms with Crippen LogP contribution in [0.15, 0.2) is 18.2 Å². The summed E-state index contributed by atoms with van der Waals surface area (Å²) in [5.74, 6) is -2.28. The topological polar surface area (TPSA) is 134 Å². The second-order valence-corrected chi connectivity index (χ2v) is 9.34. The second kappa shape index (κ2) is 13.0. The first-order chi connectivity index (χ1) is 16.3. The number of nitrogens with zero attached hydrogens (tertiary/aromatic N) is 1. The van der Waals surface area contributed by atoms with Crippen LogP contribution >= 0.6 is 0 Å². The van der Waals surface area contributed by atoms with Gasteiger partial charge in [0.25, 0.3) is 0 Å². The number of hydrogen-bond donors (Lipinski definition) is 3. The number of carbonyl (C=O) groups is 4. The summed E-state index contributed by atoms with van der Waals surface area (Å²) in [6.45, 7) is 11.9. The molecule has 196 valence electrons. The van der Waals surface area contributed by atoms with Gasteiger partial charge in [0.05, 0.1) is 7.11 Å². The minimum atomic E-state index is -1.26. The van der Waals surface area contributed by atoms with E-state index in [1.807, 2.05) is 13.8 Å². The first-order valence-corrected chi connectivity index (χ1v) is 11.7. The molecule has 0 aromatic heterocycles. The normalized spacial score (nSPS) is 13.7. The molecule has 0 bridgehead atoms. The number of hydrogen-bond acceptors (Lipinski definition) is 7. The monoisotopic (exact) mass is 493 g/mol. The number of carbonyl (C=O) groups excluding carboxylic acids is 4. The van der Waals surface area contributed by atoms with E-state index >= 15 is 0 Å². The standard InChI is InChI=1S/C25H39N3O7/c1-9-15(3)19(27-24(33)35-25(5,6)7)23(32)28(10-2)20(22(31)26-14-18(29)34-8)17-13-11-12-16(4)21(17)30/h11-13,15,19-20,30H,9-10,14H2,1-8H3,(H,26,31)(H,27,33). The van der Waals surface area contributed by atoms with Crippen LogP contribution in [0.3, 0.4) is 0 Å². The molecule has 35 heavy (non-hydrogen) atoms. The van der Waals surface area contributed by atoms with Crippen molar-refractivity contribution in [2.24, 2.45) is 5.92 Å². The van der Waals surface area contributed by atoms with Gasteiger partial charge < -0.3 is 30.1 Å². The number of benzene rings is 1. The summed E-state index contributed by atoms with van der Waals surface area (Å²) >= 11 is 0. The zero-order chi connectivity index (χ0) is 26.9. The lowest BCUT2D eigenvalue weighted by Crippen LogP contribution is -2.55. The van der Waals surface area contributed by atoms with Gasteiger partial charge in [-0.15, -0.1) is 0 Å². The number of aromatic hydroxyl groups is 1. The predicted molar refractivity (Wildman–Crippen MR) is 131 cm³/mol. The third kappa shape index (κ3) is 8.45. The molecule has 0 fully saturated rings. The molecule has 0 saturated heterocycles. The number of esters is 1. The van der Waals surface area contributed by atoms with Crippen molar-refractivity contribution in [1.82, 2.24) is 15.5 Å². The molecule has 1 aromatic carbocycles. The van der Waals surface area contributed by atoms with Crippen molar-refractivity contribution in [2.75, 3.05) is 20.2 Å². The maximum Gasteiger partial charge on any atom is 0.408 e. The number of aryl methyl sites for hydroxylation is 1. The Morgan fingerprint density at radius 2 is 1.77 bits per heavy atom. The zero-order valence-electron chi connectivity index (χ0n) is 21.9. The highest BCUT2D eigenvalue weighted by atomic mass is 16.6. The van der Waals surface area contributed by atoms with Crippen molar-refractivity contribution in [3.63, 3.8) is 0 Å². The highest BCUT2D eigenvalue weighted by Crippen LogP contribution is 2.32. The average molecular weight is 494 g/mol. The smallest absolute Gasteiger partial charge is 0.408 e. The first-order valence-electron chi connectivity index (χ1n) is 11.7. The molecular weight excluding hydrogens is 454 g/mol. The minimum absolute atomic E-state index is 0.0887. The molecule has 0 heterocycles. The molecule has 1 aromatic rings. The third-order valence-corrected chi connectivity index (χ3v) is 5.53. The van der Waals surface area contributed by atoms with E-state index in [0.29, 0.717) is 12.0 Å². The van der Waals surface area contributed by atoms with Gasteiger partial charge >= 0.3 is 12.1 Å². The van der Waals surface area contributed by atoms with Crippen LogP contribution in [0.1, 0.15) is 65.1 Å². The van der Waals surface area contributed by atoms with Crippen LogP contribution in [0.2, 0.25) is 0 Å². The summed E-state index contributed by atoms with van der Waals surface area (Å²) < 4.78 is 9.93. The van der Waals surface area contributed by atoms with Gasteiger partial charge in [-0.1, -0.05) is 38.5 Å². The Hall–Kier alpha value is -3.30. The van der Waals surface area contributed by atoms with Gasteiger partial charge in [0.15, 0.2) is 0 Å². The number of likely N-dealkylation sites (N-methyl/N-ethyl adjacent to an activating group) is 1. The van der Waals surface area contributed by atoms with Gasteiger partial charge in [0, 0.05) is 12.1 Å². The van der Waals surface area contributed by atoms with Crippen LogP contribution in [0.25, 0.3) is 0 Å². The molecule has 0 radical (unpaired) electrons. The number of phenolic OH excluding ortho intramolecular Hbond substituents is 1. The molecule has 10 nitrogen and oxygen atoms in total. The summed E-state index contributed by atoms with van der Waals surface area (Å²) in [5, 5.41) is 15.9. The Balaban J connectivity index is 3.46. The maximum atomic E-state index is 13.8. The van der Waals surface area contributed by atoms with E-state index in [-0.39, 0.29) is 23.8 Å². The molecule has 3 N–H and O–H groups in total. The molecular formula is C25H39N3O7. The van der Waals surface area contributed by atoms with Gasteiger partial charge in [-0.3, -0.25) is 14.4 Å². The highest BCUT2D eigenvalue weighted by Gasteiger charge is 2.38. The van der Waals surface area contributed by atoms with E-state index in [4.69, 9.17) is 4.74 Å². The van der Waals surface area contributed by atoms with Crippen molar-refractivity contribution in [2.45, 2.75) is 72.6 Å². The van der Waals surface area contributed by atoms with Gasteiger partial charge in [-0.05, 0) is 46.1 Å². The van der Waals surface area contributed by atoms with E-state index in [9.17, 15) is 24.3 Å². The Morgan fingerprint density at radius 3 is 2.29 bits per heavy atom. The van der Waals surface area contributed by atoms with E-state index in [1.54, 1.807) is 52.8 Å². The number of methoxy groups -OCH3 is 1. The van der Waals surface area contributed by atoms with E-state index in [2.05, 4.69) is 15.4 Å². The summed E-state index contributed by atoms with van der Waals surface area (Å²) in [4.78, 5) is 52.5. The number of rotatable bonds is 10. The molecule has 0 spiro atoms. The van der Waals surface area contributed by atoms with Gasteiger partial charge in [-0.2, -0.15) is 0 Å². The lowest BCUT2D eigenvalue weighted by atomic mass is 9.95.